The lowest BCUT2D eigenvalue weighted by molar-refractivity contribution is -0.396. The van der Waals surface area contributed by atoms with E-state index in [9.17, 15) is 81.1 Å². The van der Waals surface area contributed by atoms with Gasteiger partial charge in [0.05, 0.1) is 44.6 Å². The first-order valence-electron chi connectivity index (χ1n) is 30.6. The van der Waals surface area contributed by atoms with Crippen molar-refractivity contribution in [3.05, 3.63) is 23.2 Å². The Kier molecular flexibility index (Phi) is 18.6. The summed E-state index contributed by atoms with van der Waals surface area (Å²) < 4.78 is 60.9. The number of ketones is 1. The lowest BCUT2D eigenvalue weighted by atomic mass is 9.33. The highest BCUT2D eigenvalue weighted by atomic mass is 16.8. The first-order chi connectivity index (χ1) is 40.2. The molecule has 10 rings (SSSR count). The summed E-state index contributed by atoms with van der Waals surface area (Å²) in [6, 6.07) is 0. The molecule has 0 aromatic carbocycles. The number of carboxylic acid groups (broad SMARTS) is 1. The summed E-state index contributed by atoms with van der Waals surface area (Å²) >= 11 is 0. The van der Waals surface area contributed by atoms with Crippen LogP contribution in [0.3, 0.4) is 0 Å². The molecule has 5 aliphatic heterocycles. The SMILES string of the molecule is CC1=C(O[C@@H]2O[C@H](CO)[C@@H](O)[C@H](O)[C@H]2O)C(=O)CC(O[C@@H]2CC(C)(C)C[C@H]3C4=CCC5[C@@]6(C)CC[C@H](O[C@@H]7O[C@H](C(=O)O)[C@@H](O)[C@H](O)[C@H]7O[C@@H]7O[C@H](CO)[C@H](O)[C@H](O)[C@H]7O[C@@H]7O[C@@H](C)[C@H](O)[C@@H](O)[C@H]7O)[C@](C)(CO)C6CC[C@@]5(C)[C@]4(C)CC[C@@]23C)O1. The molecule has 26 heteroatoms. The summed E-state index contributed by atoms with van der Waals surface area (Å²) in [5.74, 6) is -2.18. The Morgan fingerprint density at radius 2 is 1.20 bits per heavy atom. The smallest absolute Gasteiger partial charge is 0.335 e. The number of fused-ring (bicyclic) bond motifs is 7. The molecule has 86 heavy (non-hydrogen) atoms. The highest BCUT2D eigenvalue weighted by Crippen LogP contribution is 2.76. The Bertz CT molecular complexity index is 2530. The third-order valence-electron chi connectivity index (χ3n) is 23.1. The van der Waals surface area contributed by atoms with Crippen molar-refractivity contribution in [1.29, 1.82) is 0 Å². The van der Waals surface area contributed by atoms with Crippen LogP contribution in [0.15, 0.2) is 23.2 Å². The van der Waals surface area contributed by atoms with Crippen LogP contribution < -0.4 is 0 Å². The van der Waals surface area contributed by atoms with Crippen molar-refractivity contribution in [3.8, 4) is 0 Å². The first kappa shape index (κ1) is 66.3. The van der Waals surface area contributed by atoms with Gasteiger partial charge in [-0.25, -0.2) is 4.79 Å². The second kappa shape index (κ2) is 24.1. The van der Waals surface area contributed by atoms with Crippen molar-refractivity contribution < 1.29 is 128 Å². The lowest BCUT2D eigenvalue weighted by Crippen LogP contribution is -2.68. The van der Waals surface area contributed by atoms with Gasteiger partial charge in [0.25, 0.3) is 0 Å². The normalized spacial score (nSPS) is 53.0. The molecule has 5 heterocycles. The Labute approximate surface area is 499 Å². The lowest BCUT2D eigenvalue weighted by Gasteiger charge is -2.72. The Balaban J connectivity index is 0.878. The van der Waals surface area contributed by atoms with Crippen LogP contribution in [-0.2, 0) is 57.0 Å². The maximum absolute atomic E-state index is 13.8. The zero-order valence-corrected chi connectivity index (χ0v) is 50.4. The molecule has 10 aliphatic rings. The van der Waals surface area contributed by atoms with E-state index in [1.807, 2.05) is 6.92 Å². The van der Waals surface area contributed by atoms with E-state index in [1.54, 1.807) is 6.92 Å². The average molecular weight is 1230 g/mol. The number of carbonyl (C=O) groups excluding carboxylic acids is 1. The van der Waals surface area contributed by atoms with Crippen molar-refractivity contribution in [2.24, 2.45) is 50.2 Å². The quantitative estimate of drug-likeness (QED) is 0.0740. The summed E-state index contributed by atoms with van der Waals surface area (Å²) in [6.45, 7) is 16.9. The standard InChI is InChI=1S/C60H94O26/c1-24-36(65)39(68)44(73)51(78-24)85-48-41(70)38(67)30(22-62)80-53(48)86-49-43(72)42(71)47(50(75)76)84-54(49)82-33-13-14-57(6)31(58(33,7)23-63)12-15-60(9)32(57)11-10-26-27-19-55(3,4)20-34(56(27,5)16-17-59(26,60)8)81-35-18-28(64)46(25(2)77-35)83-52-45(74)40(69)37(66)29(21-61)79-52/h10,24,27,29-45,47-49,51-54,61-63,65-74H,11-23H2,1-9H3,(H,75,76)/t24-,27-,29+,30+,31?,32?,33-,34+,35?,36-,37+,38-,39+,40-,41-,42-,43-,44+,45+,47-,48+,49+,51-,52-,53-,54+,56+,57-,58+,59+,60+/m0/s1. The maximum atomic E-state index is 13.8. The van der Waals surface area contributed by atoms with Gasteiger partial charge in [0.1, 0.15) is 91.2 Å². The van der Waals surface area contributed by atoms with Gasteiger partial charge in [0.2, 0.25) is 24.1 Å². The number of aliphatic hydroxyl groups excluding tert-OH is 13. The Hall–Kier alpha value is -2.62. The van der Waals surface area contributed by atoms with Gasteiger partial charge in [-0.15, -0.1) is 0 Å². The largest absolute Gasteiger partial charge is 0.479 e. The number of allylic oxidation sites excluding steroid dienone is 4. The number of rotatable bonds is 14. The molecular formula is C60H94O26. The maximum Gasteiger partial charge on any atom is 0.335 e. The van der Waals surface area contributed by atoms with Crippen LogP contribution in [0.5, 0.6) is 0 Å². The van der Waals surface area contributed by atoms with E-state index < -0.39 is 166 Å². The minimum Gasteiger partial charge on any atom is -0.479 e. The molecule has 4 saturated carbocycles. The molecule has 0 aromatic heterocycles. The Morgan fingerprint density at radius 3 is 1.83 bits per heavy atom. The predicted octanol–water partition coefficient (Wildman–Crippen LogP) is -0.908. The molecular weight excluding hydrogens is 1140 g/mol. The second-order valence-corrected chi connectivity index (χ2v) is 28.6. The number of aliphatic carboxylic acids is 1. The highest BCUT2D eigenvalue weighted by molar-refractivity contribution is 5.94. The monoisotopic (exact) mass is 1230 g/mol. The summed E-state index contributed by atoms with van der Waals surface area (Å²) in [5.41, 5.74) is -1.07. The zero-order chi connectivity index (χ0) is 62.9. The number of Topliss-reactive ketones (excluding diaryl/α,β-unsaturated/α-hetero) is 1. The molecule has 8 fully saturated rings. The van der Waals surface area contributed by atoms with Gasteiger partial charge in [0.15, 0.2) is 25.0 Å². The van der Waals surface area contributed by atoms with E-state index in [1.165, 1.54) is 12.5 Å². The predicted molar refractivity (Wildman–Crippen MR) is 291 cm³/mol. The van der Waals surface area contributed by atoms with Crippen molar-refractivity contribution in [1.82, 2.24) is 0 Å². The fourth-order valence-electron chi connectivity index (χ4n) is 17.7. The van der Waals surface area contributed by atoms with Gasteiger partial charge >= 0.3 is 5.97 Å². The van der Waals surface area contributed by atoms with Crippen LogP contribution >= 0.6 is 0 Å². The van der Waals surface area contributed by atoms with Gasteiger partial charge in [-0.1, -0.05) is 60.1 Å². The summed E-state index contributed by atoms with van der Waals surface area (Å²) in [7, 11) is 0. The topological polar surface area (TPSA) is 410 Å². The van der Waals surface area contributed by atoms with Crippen LogP contribution in [0, 0.1) is 50.2 Å². The van der Waals surface area contributed by atoms with Gasteiger partial charge in [-0.2, -0.15) is 0 Å². The third-order valence-corrected chi connectivity index (χ3v) is 23.1. The molecule has 0 radical (unpaired) electrons. The molecule has 3 unspecified atom stereocenters. The molecule has 0 amide bonds. The molecule has 0 aromatic rings. The van der Waals surface area contributed by atoms with Crippen molar-refractivity contribution >= 4 is 11.8 Å². The fourth-order valence-corrected chi connectivity index (χ4v) is 17.7. The fraction of sp³-hybridized carbons (Fsp3) is 0.900. The average Bonchev–Trinajstić information content (AvgIpc) is 0.685. The van der Waals surface area contributed by atoms with Crippen LogP contribution in [0.1, 0.15) is 127 Å². The third kappa shape index (κ3) is 10.9. The van der Waals surface area contributed by atoms with Crippen LogP contribution in [0.4, 0.5) is 0 Å². The van der Waals surface area contributed by atoms with Gasteiger partial charge < -0.3 is 119 Å². The minimum absolute atomic E-state index is 0.0961. The molecule has 490 valence electrons. The van der Waals surface area contributed by atoms with Crippen LogP contribution in [0.25, 0.3) is 0 Å². The van der Waals surface area contributed by atoms with Crippen molar-refractivity contribution in [2.45, 2.75) is 268 Å². The van der Waals surface area contributed by atoms with Crippen LogP contribution in [0.2, 0.25) is 0 Å². The van der Waals surface area contributed by atoms with Gasteiger partial charge in [0, 0.05) is 10.8 Å². The number of hydrogen-bond acceptors (Lipinski definition) is 25. The van der Waals surface area contributed by atoms with E-state index in [2.05, 4.69) is 47.6 Å². The molecule has 0 spiro atoms. The van der Waals surface area contributed by atoms with Crippen molar-refractivity contribution in [2.75, 3.05) is 19.8 Å². The van der Waals surface area contributed by atoms with E-state index in [0.717, 1.165) is 32.1 Å². The number of carboxylic acids is 1. The molecule has 0 bridgehead atoms. The van der Waals surface area contributed by atoms with Crippen LogP contribution in [-0.4, -0.2) is 244 Å². The minimum atomic E-state index is -2.12. The van der Waals surface area contributed by atoms with E-state index in [-0.39, 0.29) is 75.5 Å². The molecule has 5 aliphatic carbocycles. The van der Waals surface area contributed by atoms with Gasteiger partial charge in [-0.3, -0.25) is 4.79 Å². The first-order valence-corrected chi connectivity index (χ1v) is 30.6. The summed E-state index contributed by atoms with van der Waals surface area (Å²) in [6.07, 6.45) is -28.3. The van der Waals surface area contributed by atoms with E-state index in [0.29, 0.717) is 25.7 Å². The molecule has 4 saturated heterocycles. The number of hydrogen-bond donors (Lipinski definition) is 14. The summed E-state index contributed by atoms with van der Waals surface area (Å²) in [5, 5.41) is 150. The molecule has 31 atom stereocenters. The molecule has 14 N–H and O–H groups in total. The van der Waals surface area contributed by atoms with E-state index in [4.69, 9.17) is 47.4 Å². The zero-order valence-electron chi connectivity index (χ0n) is 50.4. The second-order valence-electron chi connectivity index (χ2n) is 28.6. The van der Waals surface area contributed by atoms with Gasteiger partial charge in [-0.05, 0) is 111 Å². The highest BCUT2D eigenvalue weighted by Gasteiger charge is 2.70. The molecule has 26 nitrogen and oxygen atoms in total. The van der Waals surface area contributed by atoms with E-state index >= 15 is 0 Å². The number of carbonyl (C=O) groups is 2. The number of aliphatic hydroxyl groups is 13. The number of ether oxygens (including phenoxy) is 10. The Morgan fingerprint density at radius 1 is 0.605 bits per heavy atom. The summed E-state index contributed by atoms with van der Waals surface area (Å²) in [4.78, 5) is 26.4. The van der Waals surface area contributed by atoms with Crippen molar-refractivity contribution in [3.63, 3.8) is 0 Å².